The van der Waals surface area contributed by atoms with Crippen molar-refractivity contribution >= 4 is 41.4 Å². The van der Waals surface area contributed by atoms with E-state index in [1.165, 1.54) is 101 Å². The van der Waals surface area contributed by atoms with E-state index in [-0.39, 0.29) is 53.4 Å². The zero-order chi connectivity index (χ0) is 45.9. The van der Waals surface area contributed by atoms with Crippen molar-refractivity contribution in [2.75, 3.05) is 27.2 Å². The lowest BCUT2D eigenvalue weighted by Crippen LogP contribution is -2.58. The molecule has 0 aliphatic carbocycles. The van der Waals surface area contributed by atoms with Crippen molar-refractivity contribution < 1.29 is 54.0 Å². The minimum atomic E-state index is -1.67. The summed E-state index contributed by atoms with van der Waals surface area (Å²) in [6.07, 6.45) is 10.5. The summed E-state index contributed by atoms with van der Waals surface area (Å²) in [5, 5.41) is 50.6. The standard InChI is InChI=1S/C44H65N7O11/c1-5-6-7-8-9-10-11-12-13-14-15-16-36(55)50(3)33(21-22-52)41(58)49-39(45)43(60)46-26-37(56)51(4)38-29-18-20-35(54)31(25-29)30-23-28(17-19-34(30)53)24-32(44(61)62)48-40(57)27(2)47-42(38)59/h17-20,23,25,27,32-33,38-39,52-54H,5-16,21-22,24,26,45H2,1-4H3,(H,46,60)(H,47,59)(H,48,57)(H,49,58)(H,61,62)/t27-,32-,33+,38-,39-/m0/s1. The zero-order valence-corrected chi connectivity index (χ0v) is 36.3. The van der Waals surface area contributed by atoms with E-state index in [1.54, 1.807) is 0 Å². The highest BCUT2D eigenvalue weighted by atomic mass is 16.4. The summed E-state index contributed by atoms with van der Waals surface area (Å²) in [7, 11) is 2.70. The Hall–Kier alpha value is -5.75. The molecule has 342 valence electrons. The van der Waals surface area contributed by atoms with Crippen molar-refractivity contribution in [2.24, 2.45) is 5.73 Å². The molecule has 0 saturated heterocycles. The molecule has 18 heteroatoms. The fraction of sp³-hybridized carbons (Fsp3) is 0.568. The Morgan fingerprint density at radius 3 is 1.98 bits per heavy atom. The second-order valence-electron chi connectivity index (χ2n) is 15.9. The molecule has 0 spiro atoms. The number of aromatic hydroxyl groups is 2. The molecule has 0 aromatic heterocycles. The molecule has 1 aliphatic rings. The topological polar surface area (TPSA) is 281 Å². The van der Waals surface area contributed by atoms with Crippen LogP contribution in [0.15, 0.2) is 36.4 Å². The Balaban J connectivity index is 1.66. The Kier molecular flexibility index (Phi) is 20.6. The third kappa shape index (κ3) is 15.0. The number of amides is 6. The average Bonchev–Trinajstić information content (AvgIpc) is 3.23. The Labute approximate surface area is 363 Å². The molecule has 10 N–H and O–H groups in total. The SMILES string of the molecule is CCCCCCCCCCCCCC(=O)N(C)[C@H](CCO)C(=O)N[C@H](N)C(=O)NCC(=O)N(C)[C@@H]1C(=O)N[C@@H](C)C(=O)N[C@H](C(=O)O)Cc2ccc(O)c(c2)-c2cc1ccc2O. The maximum atomic E-state index is 13.9. The number of unbranched alkanes of at least 4 members (excludes halogenated alkanes) is 10. The lowest BCUT2D eigenvalue weighted by Gasteiger charge is -2.30. The molecule has 5 atom stereocenters. The van der Waals surface area contributed by atoms with E-state index >= 15 is 0 Å². The number of aliphatic carboxylic acids is 1. The van der Waals surface area contributed by atoms with Crippen molar-refractivity contribution in [1.29, 1.82) is 0 Å². The average molecular weight is 868 g/mol. The molecule has 4 bridgehead atoms. The highest BCUT2D eigenvalue weighted by molar-refractivity contribution is 5.96. The Morgan fingerprint density at radius 2 is 1.39 bits per heavy atom. The van der Waals surface area contributed by atoms with Crippen LogP contribution < -0.4 is 27.0 Å². The molecular formula is C44H65N7O11. The molecule has 2 aromatic rings. The van der Waals surface area contributed by atoms with Crippen LogP contribution in [0.3, 0.4) is 0 Å². The number of hydrogen-bond acceptors (Lipinski definition) is 11. The fourth-order valence-corrected chi connectivity index (χ4v) is 7.28. The second kappa shape index (κ2) is 25.2. The molecule has 0 unspecified atom stereocenters. The van der Waals surface area contributed by atoms with Crippen LogP contribution in [0.2, 0.25) is 0 Å². The summed E-state index contributed by atoms with van der Waals surface area (Å²) in [5.41, 5.74) is 6.66. The summed E-state index contributed by atoms with van der Waals surface area (Å²) >= 11 is 0. The first kappa shape index (κ1) is 50.6. The summed E-state index contributed by atoms with van der Waals surface area (Å²) in [6, 6.07) is 2.85. The van der Waals surface area contributed by atoms with Crippen LogP contribution in [0.4, 0.5) is 0 Å². The number of aliphatic hydroxyl groups is 1. The van der Waals surface area contributed by atoms with Crippen LogP contribution in [0.5, 0.6) is 11.5 Å². The monoisotopic (exact) mass is 867 g/mol. The number of carboxylic acids is 1. The molecule has 0 radical (unpaired) electrons. The maximum Gasteiger partial charge on any atom is 0.326 e. The van der Waals surface area contributed by atoms with Gasteiger partial charge in [-0.05, 0) is 55.2 Å². The predicted molar refractivity (Wildman–Crippen MR) is 230 cm³/mol. The molecule has 3 rings (SSSR count). The normalized spacial score (nSPS) is 17.4. The fourth-order valence-electron chi connectivity index (χ4n) is 7.28. The number of phenols is 2. The summed E-state index contributed by atoms with van der Waals surface area (Å²) < 4.78 is 0. The summed E-state index contributed by atoms with van der Waals surface area (Å²) in [6.45, 7) is 2.38. The number of nitrogens with two attached hydrogens (primary N) is 1. The van der Waals surface area contributed by atoms with Gasteiger partial charge in [0.1, 0.15) is 35.7 Å². The predicted octanol–water partition coefficient (Wildman–Crippen LogP) is 2.32. The molecule has 6 amide bonds. The molecule has 18 nitrogen and oxygen atoms in total. The first-order valence-corrected chi connectivity index (χ1v) is 21.4. The number of phenolic OH excluding ortho intramolecular Hbond substituents is 2. The van der Waals surface area contributed by atoms with Gasteiger partial charge in [0, 0.05) is 44.7 Å². The van der Waals surface area contributed by atoms with E-state index in [4.69, 9.17) is 5.73 Å². The van der Waals surface area contributed by atoms with Gasteiger partial charge in [0.2, 0.25) is 29.5 Å². The number of carboxylic acid groups (broad SMARTS) is 1. The minimum absolute atomic E-state index is 0.0532. The van der Waals surface area contributed by atoms with Gasteiger partial charge < -0.3 is 57.2 Å². The van der Waals surface area contributed by atoms with Gasteiger partial charge in [-0.25, -0.2) is 4.79 Å². The van der Waals surface area contributed by atoms with Gasteiger partial charge in [0.05, 0.1) is 6.54 Å². The number of rotatable bonds is 22. The van der Waals surface area contributed by atoms with Crippen LogP contribution in [-0.4, -0.2) is 123 Å². The van der Waals surface area contributed by atoms with Crippen LogP contribution >= 0.6 is 0 Å². The summed E-state index contributed by atoms with van der Waals surface area (Å²) in [4.78, 5) is 94.1. The lowest BCUT2D eigenvalue weighted by atomic mass is 9.94. The van der Waals surface area contributed by atoms with Gasteiger partial charge in [-0.15, -0.1) is 0 Å². The Bertz CT molecular complexity index is 1880. The number of benzene rings is 2. The number of nitrogens with zero attached hydrogens (tertiary/aromatic N) is 2. The smallest absolute Gasteiger partial charge is 0.326 e. The van der Waals surface area contributed by atoms with Gasteiger partial charge >= 0.3 is 5.97 Å². The van der Waals surface area contributed by atoms with Crippen LogP contribution in [0, 0.1) is 0 Å². The Morgan fingerprint density at radius 1 is 0.806 bits per heavy atom. The number of carbonyl (C=O) groups excluding carboxylic acids is 6. The van der Waals surface area contributed by atoms with Crippen molar-refractivity contribution in [1.82, 2.24) is 31.1 Å². The number of likely N-dealkylation sites (N-methyl/N-ethyl adjacent to an activating group) is 2. The molecule has 0 fully saturated rings. The number of aliphatic hydroxyl groups excluding tert-OH is 1. The summed E-state index contributed by atoms with van der Waals surface area (Å²) in [5.74, 6) is -6.54. The van der Waals surface area contributed by atoms with Crippen molar-refractivity contribution in [3.05, 3.63) is 47.5 Å². The zero-order valence-electron chi connectivity index (χ0n) is 36.3. The van der Waals surface area contributed by atoms with E-state index in [2.05, 4.69) is 28.2 Å². The second-order valence-corrected chi connectivity index (χ2v) is 15.9. The first-order valence-electron chi connectivity index (χ1n) is 21.4. The van der Waals surface area contributed by atoms with Crippen molar-refractivity contribution in [3.8, 4) is 22.6 Å². The van der Waals surface area contributed by atoms with E-state index in [1.807, 2.05) is 0 Å². The molecular weight excluding hydrogens is 803 g/mol. The molecule has 62 heavy (non-hydrogen) atoms. The van der Waals surface area contributed by atoms with E-state index in [0.29, 0.717) is 12.0 Å². The van der Waals surface area contributed by atoms with Crippen LogP contribution in [0.25, 0.3) is 11.1 Å². The van der Waals surface area contributed by atoms with Crippen LogP contribution in [-0.2, 0) is 40.0 Å². The third-order valence-electron chi connectivity index (χ3n) is 11.1. The lowest BCUT2D eigenvalue weighted by molar-refractivity contribution is -0.143. The molecule has 1 heterocycles. The largest absolute Gasteiger partial charge is 0.507 e. The number of hydrogen-bond donors (Lipinski definition) is 9. The number of carbonyl (C=O) groups is 7. The molecule has 2 aromatic carbocycles. The van der Waals surface area contributed by atoms with Gasteiger partial charge in [0.25, 0.3) is 5.91 Å². The van der Waals surface area contributed by atoms with Gasteiger partial charge in [-0.2, -0.15) is 0 Å². The number of fused-ring (bicyclic) bond motifs is 5. The van der Waals surface area contributed by atoms with E-state index in [0.717, 1.165) is 30.6 Å². The number of nitrogens with one attached hydrogen (secondary N) is 4. The first-order chi connectivity index (χ1) is 29.5. The van der Waals surface area contributed by atoms with E-state index < -0.39 is 79.0 Å². The highest BCUT2D eigenvalue weighted by Gasteiger charge is 2.34. The van der Waals surface area contributed by atoms with Gasteiger partial charge in [-0.3, -0.25) is 28.8 Å². The third-order valence-corrected chi connectivity index (χ3v) is 11.1. The van der Waals surface area contributed by atoms with Crippen LogP contribution in [0.1, 0.15) is 114 Å². The highest BCUT2D eigenvalue weighted by Crippen LogP contribution is 2.38. The van der Waals surface area contributed by atoms with Gasteiger partial charge in [-0.1, -0.05) is 83.3 Å². The maximum absolute atomic E-state index is 13.9. The molecule has 1 aliphatic heterocycles. The molecule has 0 saturated carbocycles. The quantitative estimate of drug-likeness (QED) is 0.0609. The minimum Gasteiger partial charge on any atom is -0.507 e. The van der Waals surface area contributed by atoms with Crippen molar-refractivity contribution in [2.45, 2.75) is 134 Å². The van der Waals surface area contributed by atoms with Gasteiger partial charge in [0.15, 0.2) is 6.17 Å². The van der Waals surface area contributed by atoms with Crippen molar-refractivity contribution in [3.63, 3.8) is 0 Å². The van der Waals surface area contributed by atoms with E-state index in [9.17, 15) is 54.0 Å².